The van der Waals surface area contributed by atoms with E-state index in [4.69, 9.17) is 0 Å². The van der Waals surface area contributed by atoms with E-state index in [1.807, 2.05) is 85.8 Å². The van der Waals surface area contributed by atoms with Crippen molar-refractivity contribution in [2.45, 2.75) is 19.9 Å². The first kappa shape index (κ1) is 21.3. The van der Waals surface area contributed by atoms with Crippen molar-refractivity contribution in [3.05, 3.63) is 113 Å². The van der Waals surface area contributed by atoms with Crippen molar-refractivity contribution in [2.24, 2.45) is 0 Å². The smallest absolute Gasteiger partial charge is 0.274 e. The van der Waals surface area contributed by atoms with Gasteiger partial charge in [0, 0.05) is 12.0 Å². The molecule has 0 radical (unpaired) electrons. The Bertz CT molecular complexity index is 1460. The standard InChI is InChI=1S/C26H23N7O/c1-2-3-13-24-29-33(21-9-5-4-6-10-21)26(34)32(24)18-19-14-16-20(17-15-19)22-11-7-8-12-23(22)25-27-30-31-28-25/h2-12,14-17H,13,18H2,1H3,(H,27,28,30,31)/b3-2+. The first-order chi connectivity index (χ1) is 16.7. The van der Waals surface area contributed by atoms with Gasteiger partial charge in [0.05, 0.1) is 12.2 Å². The Hall–Kier alpha value is -4.59. The Morgan fingerprint density at radius 2 is 1.65 bits per heavy atom. The van der Waals surface area contributed by atoms with E-state index in [0.29, 0.717) is 18.8 Å². The van der Waals surface area contributed by atoms with E-state index in [1.54, 1.807) is 4.57 Å². The van der Waals surface area contributed by atoms with Gasteiger partial charge in [-0.2, -0.15) is 4.68 Å². The Morgan fingerprint density at radius 1 is 0.912 bits per heavy atom. The molecule has 8 heteroatoms. The van der Waals surface area contributed by atoms with Crippen LogP contribution in [0.1, 0.15) is 18.3 Å². The van der Waals surface area contributed by atoms with Crippen LogP contribution in [-0.2, 0) is 13.0 Å². The number of nitrogens with one attached hydrogen (secondary N) is 1. The molecule has 0 aliphatic carbocycles. The van der Waals surface area contributed by atoms with E-state index in [9.17, 15) is 4.79 Å². The van der Waals surface area contributed by atoms with Gasteiger partial charge < -0.3 is 0 Å². The molecule has 2 aromatic heterocycles. The summed E-state index contributed by atoms with van der Waals surface area (Å²) in [4.78, 5) is 13.2. The fourth-order valence-electron chi connectivity index (χ4n) is 3.89. The minimum atomic E-state index is -0.155. The summed E-state index contributed by atoms with van der Waals surface area (Å²) < 4.78 is 3.20. The Labute approximate surface area is 196 Å². The lowest BCUT2D eigenvalue weighted by molar-refractivity contribution is 0.714. The summed E-state index contributed by atoms with van der Waals surface area (Å²) in [6.45, 7) is 2.40. The molecule has 34 heavy (non-hydrogen) atoms. The van der Waals surface area contributed by atoms with Crippen LogP contribution >= 0.6 is 0 Å². The molecule has 5 aromatic rings. The summed E-state index contributed by atoms with van der Waals surface area (Å²) in [6, 6.07) is 25.6. The molecule has 3 aromatic carbocycles. The molecule has 0 aliphatic heterocycles. The van der Waals surface area contributed by atoms with Gasteiger partial charge in [0.25, 0.3) is 0 Å². The van der Waals surface area contributed by atoms with Crippen LogP contribution in [0.5, 0.6) is 0 Å². The first-order valence-electron chi connectivity index (χ1n) is 11.0. The van der Waals surface area contributed by atoms with Crippen molar-refractivity contribution < 1.29 is 0 Å². The number of hydrogen-bond donors (Lipinski definition) is 1. The van der Waals surface area contributed by atoms with Gasteiger partial charge in [0.2, 0.25) is 0 Å². The van der Waals surface area contributed by atoms with Gasteiger partial charge in [-0.1, -0.05) is 78.9 Å². The lowest BCUT2D eigenvalue weighted by Gasteiger charge is -2.09. The normalized spacial score (nSPS) is 11.3. The van der Waals surface area contributed by atoms with Crippen molar-refractivity contribution in [2.75, 3.05) is 0 Å². The number of nitrogens with zero attached hydrogens (tertiary/aromatic N) is 6. The SMILES string of the molecule is C/C=C/Cc1nn(-c2ccccc2)c(=O)n1Cc1ccc(-c2ccccc2-c2nnn[nH]2)cc1. The van der Waals surface area contributed by atoms with Gasteiger partial charge in [0.15, 0.2) is 5.82 Å². The van der Waals surface area contributed by atoms with E-state index in [2.05, 4.69) is 37.9 Å². The molecule has 0 atom stereocenters. The van der Waals surface area contributed by atoms with E-state index in [-0.39, 0.29) is 5.69 Å². The molecule has 0 saturated heterocycles. The maximum Gasteiger partial charge on any atom is 0.351 e. The minimum Gasteiger partial charge on any atom is -0.274 e. The molecule has 0 bridgehead atoms. The second-order valence-electron chi connectivity index (χ2n) is 7.80. The zero-order chi connectivity index (χ0) is 23.3. The third-order valence-corrected chi connectivity index (χ3v) is 5.61. The Kier molecular flexibility index (Phi) is 5.94. The zero-order valence-corrected chi connectivity index (χ0v) is 18.7. The number of para-hydroxylation sites is 1. The molecular formula is C26H23N7O. The van der Waals surface area contributed by atoms with Crippen molar-refractivity contribution in [1.82, 2.24) is 35.0 Å². The lowest BCUT2D eigenvalue weighted by Crippen LogP contribution is -2.25. The van der Waals surface area contributed by atoms with Gasteiger partial charge >= 0.3 is 5.69 Å². The molecule has 0 spiro atoms. The van der Waals surface area contributed by atoms with Crippen LogP contribution < -0.4 is 5.69 Å². The molecule has 168 valence electrons. The molecule has 1 N–H and O–H groups in total. The number of aromatic nitrogens is 7. The van der Waals surface area contributed by atoms with E-state index >= 15 is 0 Å². The summed E-state index contributed by atoms with van der Waals surface area (Å²) in [7, 11) is 0. The minimum absolute atomic E-state index is 0.155. The Balaban J connectivity index is 1.47. The van der Waals surface area contributed by atoms with Crippen LogP contribution in [0.15, 0.2) is 95.8 Å². The van der Waals surface area contributed by atoms with Gasteiger partial charge in [0.1, 0.15) is 5.82 Å². The highest BCUT2D eigenvalue weighted by Gasteiger charge is 2.15. The predicted molar refractivity (Wildman–Crippen MR) is 130 cm³/mol. The predicted octanol–water partition coefficient (Wildman–Crippen LogP) is 4.05. The topological polar surface area (TPSA) is 94.3 Å². The number of hydrogen-bond acceptors (Lipinski definition) is 5. The van der Waals surface area contributed by atoms with Gasteiger partial charge in [-0.05, 0) is 46.2 Å². The number of allylic oxidation sites excluding steroid dienone is 2. The maximum atomic E-state index is 13.2. The highest BCUT2D eigenvalue weighted by atomic mass is 16.2. The van der Waals surface area contributed by atoms with Gasteiger partial charge in [-0.15, -0.1) is 10.2 Å². The van der Waals surface area contributed by atoms with Crippen LogP contribution in [-0.4, -0.2) is 35.0 Å². The summed E-state index contributed by atoms with van der Waals surface area (Å²) in [5.41, 5.74) is 4.60. The quantitative estimate of drug-likeness (QED) is 0.378. The molecule has 0 aliphatic rings. The molecule has 2 heterocycles. The highest BCUT2D eigenvalue weighted by molar-refractivity contribution is 5.80. The summed E-state index contributed by atoms with van der Waals surface area (Å²) >= 11 is 0. The summed E-state index contributed by atoms with van der Waals surface area (Å²) in [6.07, 6.45) is 4.56. The average Bonchev–Trinajstić information content (AvgIpc) is 3.53. The van der Waals surface area contributed by atoms with Crippen molar-refractivity contribution in [1.29, 1.82) is 0 Å². The van der Waals surface area contributed by atoms with Crippen LogP contribution in [0, 0.1) is 0 Å². The number of aromatic amines is 1. The van der Waals surface area contributed by atoms with Gasteiger partial charge in [-0.25, -0.2) is 9.89 Å². The monoisotopic (exact) mass is 449 g/mol. The fourth-order valence-corrected chi connectivity index (χ4v) is 3.89. The third-order valence-electron chi connectivity index (χ3n) is 5.61. The van der Waals surface area contributed by atoms with E-state index < -0.39 is 0 Å². The average molecular weight is 450 g/mol. The van der Waals surface area contributed by atoms with Crippen LogP contribution in [0.4, 0.5) is 0 Å². The fraction of sp³-hybridized carbons (Fsp3) is 0.115. The highest BCUT2D eigenvalue weighted by Crippen LogP contribution is 2.29. The second kappa shape index (κ2) is 9.50. The molecule has 0 unspecified atom stereocenters. The summed E-state index contributed by atoms with van der Waals surface area (Å²) in [5.74, 6) is 1.34. The third kappa shape index (κ3) is 4.21. The molecule has 5 rings (SSSR count). The lowest BCUT2D eigenvalue weighted by atomic mass is 9.98. The van der Waals surface area contributed by atoms with Crippen molar-refractivity contribution >= 4 is 0 Å². The first-order valence-corrected chi connectivity index (χ1v) is 11.0. The molecular weight excluding hydrogens is 426 g/mol. The van der Waals surface area contributed by atoms with Crippen LogP contribution in [0.2, 0.25) is 0 Å². The largest absolute Gasteiger partial charge is 0.351 e. The molecule has 0 saturated carbocycles. The molecule has 0 fully saturated rings. The molecule has 0 amide bonds. The summed E-state index contributed by atoms with van der Waals surface area (Å²) in [5, 5.41) is 18.9. The van der Waals surface area contributed by atoms with Crippen LogP contribution in [0.3, 0.4) is 0 Å². The van der Waals surface area contributed by atoms with Crippen molar-refractivity contribution in [3.63, 3.8) is 0 Å². The number of tetrazole rings is 1. The van der Waals surface area contributed by atoms with E-state index in [0.717, 1.165) is 33.8 Å². The maximum absolute atomic E-state index is 13.2. The number of H-pyrrole nitrogens is 1. The number of rotatable bonds is 7. The van der Waals surface area contributed by atoms with Crippen molar-refractivity contribution in [3.8, 4) is 28.2 Å². The van der Waals surface area contributed by atoms with Gasteiger partial charge in [-0.3, -0.25) is 4.57 Å². The Morgan fingerprint density at radius 3 is 2.35 bits per heavy atom. The second-order valence-corrected chi connectivity index (χ2v) is 7.80. The molecule has 8 nitrogen and oxygen atoms in total. The zero-order valence-electron chi connectivity index (χ0n) is 18.7. The number of benzene rings is 3. The van der Waals surface area contributed by atoms with E-state index in [1.165, 1.54) is 4.68 Å². The van der Waals surface area contributed by atoms with Crippen LogP contribution in [0.25, 0.3) is 28.2 Å².